The predicted octanol–water partition coefficient (Wildman–Crippen LogP) is 5.24. The van der Waals surface area contributed by atoms with E-state index < -0.39 is 22.1 Å². The molecule has 1 aromatic heterocycles. The third-order valence-corrected chi connectivity index (χ3v) is 10.5. The number of likely N-dealkylation sites (tertiary alicyclic amines) is 1. The maximum absolute atomic E-state index is 13.2. The standard InChI is InChI=1S/C31H39N3O6S2.ClH/c1-32(42(37,38)28-12-7-4-8-13-28)22-26(29-14-9-21-41-29)15-18-33-19-16-27(17-20-33)34(23-30(35)39-2)31(36)40-24-25-10-5-3-6-11-25;/h3-14,21,26-27H,15-20,22-24H2,1-2H3;1H/t26-;/m0./s1. The van der Waals surface area contributed by atoms with Crippen molar-refractivity contribution in [2.75, 3.05) is 46.9 Å². The Hall–Kier alpha value is -2.96. The minimum absolute atomic E-state index is 0. The number of hydrogen-bond acceptors (Lipinski definition) is 8. The fraction of sp³-hybridized carbons (Fsp3) is 0.419. The summed E-state index contributed by atoms with van der Waals surface area (Å²) in [4.78, 5) is 30.4. The molecule has 9 nitrogen and oxygen atoms in total. The van der Waals surface area contributed by atoms with Gasteiger partial charge in [0.1, 0.15) is 13.2 Å². The van der Waals surface area contributed by atoms with Crippen molar-refractivity contribution in [3.8, 4) is 0 Å². The fourth-order valence-corrected chi connectivity index (χ4v) is 7.26. The Morgan fingerprint density at radius 2 is 1.65 bits per heavy atom. The summed E-state index contributed by atoms with van der Waals surface area (Å²) in [6.07, 6.45) is 1.67. The smallest absolute Gasteiger partial charge is 0.410 e. The number of amides is 1. The lowest BCUT2D eigenvalue weighted by Crippen LogP contribution is -2.49. The minimum Gasteiger partial charge on any atom is -0.468 e. The van der Waals surface area contributed by atoms with Gasteiger partial charge >= 0.3 is 12.1 Å². The van der Waals surface area contributed by atoms with Crippen molar-refractivity contribution in [1.29, 1.82) is 0 Å². The number of esters is 1. The van der Waals surface area contributed by atoms with E-state index in [1.54, 1.807) is 48.7 Å². The fourth-order valence-electron chi connectivity index (χ4n) is 5.17. The Morgan fingerprint density at radius 1 is 1.00 bits per heavy atom. The van der Waals surface area contributed by atoms with Crippen molar-refractivity contribution in [2.24, 2.45) is 0 Å². The van der Waals surface area contributed by atoms with Crippen LogP contribution >= 0.6 is 23.7 Å². The number of likely N-dealkylation sites (N-methyl/N-ethyl adjacent to an activating group) is 1. The highest BCUT2D eigenvalue weighted by Crippen LogP contribution is 2.28. The summed E-state index contributed by atoms with van der Waals surface area (Å²) in [5.74, 6) is -0.433. The van der Waals surface area contributed by atoms with E-state index in [1.165, 1.54) is 16.3 Å². The molecule has 43 heavy (non-hydrogen) atoms. The van der Waals surface area contributed by atoms with Crippen molar-refractivity contribution in [3.05, 3.63) is 88.6 Å². The molecular weight excluding hydrogens is 610 g/mol. The van der Waals surface area contributed by atoms with E-state index in [1.807, 2.05) is 41.8 Å². The zero-order valence-electron chi connectivity index (χ0n) is 24.5. The summed E-state index contributed by atoms with van der Waals surface area (Å²) in [7, 11) is -0.640. The number of methoxy groups -OCH3 is 1. The normalized spacial score (nSPS) is 15.0. The van der Waals surface area contributed by atoms with Crippen molar-refractivity contribution in [3.63, 3.8) is 0 Å². The van der Waals surface area contributed by atoms with E-state index >= 15 is 0 Å². The van der Waals surface area contributed by atoms with Crippen LogP contribution < -0.4 is 0 Å². The maximum Gasteiger partial charge on any atom is 0.410 e. The van der Waals surface area contributed by atoms with Gasteiger partial charge in [-0.05, 0) is 54.9 Å². The lowest BCUT2D eigenvalue weighted by Gasteiger charge is -2.38. The molecule has 0 radical (unpaired) electrons. The Morgan fingerprint density at radius 3 is 2.26 bits per heavy atom. The van der Waals surface area contributed by atoms with Gasteiger partial charge in [-0.1, -0.05) is 54.6 Å². The van der Waals surface area contributed by atoms with E-state index in [4.69, 9.17) is 9.47 Å². The lowest BCUT2D eigenvalue weighted by atomic mass is 10.00. The molecule has 0 N–H and O–H groups in total. The Kier molecular flexibility index (Phi) is 13.5. The first kappa shape index (κ1) is 34.5. The molecule has 0 bridgehead atoms. The largest absolute Gasteiger partial charge is 0.468 e. The molecular formula is C31H40ClN3O6S2. The number of piperidine rings is 1. The van der Waals surface area contributed by atoms with Crippen LogP contribution in [0.3, 0.4) is 0 Å². The molecule has 234 valence electrons. The summed E-state index contributed by atoms with van der Waals surface area (Å²) in [5, 5.41) is 2.02. The van der Waals surface area contributed by atoms with Crippen LogP contribution in [0.1, 0.15) is 35.6 Å². The Labute approximate surface area is 264 Å². The molecule has 0 saturated carbocycles. The maximum atomic E-state index is 13.2. The molecule has 1 atom stereocenters. The quantitative estimate of drug-likeness (QED) is 0.234. The number of rotatable bonds is 13. The first-order valence-corrected chi connectivity index (χ1v) is 16.4. The molecule has 4 rings (SSSR count). The Balaban J connectivity index is 0.00000506. The average molecular weight is 650 g/mol. The highest BCUT2D eigenvalue weighted by atomic mass is 35.5. The van der Waals surface area contributed by atoms with Crippen LogP contribution in [0.2, 0.25) is 0 Å². The van der Waals surface area contributed by atoms with Crippen molar-refractivity contribution < 1.29 is 27.5 Å². The Bertz CT molecular complexity index is 1370. The van der Waals surface area contributed by atoms with Crippen molar-refractivity contribution in [2.45, 2.75) is 42.7 Å². The second kappa shape index (κ2) is 16.8. The predicted molar refractivity (Wildman–Crippen MR) is 170 cm³/mol. The number of benzene rings is 2. The third kappa shape index (κ3) is 9.77. The second-order valence-corrected chi connectivity index (χ2v) is 13.4. The highest BCUT2D eigenvalue weighted by molar-refractivity contribution is 7.89. The number of sulfonamides is 1. The van der Waals surface area contributed by atoms with Gasteiger partial charge in [0.15, 0.2) is 0 Å². The molecule has 12 heteroatoms. The van der Waals surface area contributed by atoms with Gasteiger partial charge in [0.2, 0.25) is 10.0 Å². The van der Waals surface area contributed by atoms with Crippen LogP contribution in [-0.2, 0) is 30.9 Å². The summed E-state index contributed by atoms with van der Waals surface area (Å²) in [5.41, 5.74) is 0.876. The number of thiophene rings is 1. The number of carbonyl (C=O) groups is 2. The van der Waals surface area contributed by atoms with E-state index in [0.29, 0.717) is 24.3 Å². The van der Waals surface area contributed by atoms with Gasteiger partial charge in [0, 0.05) is 43.5 Å². The van der Waals surface area contributed by atoms with Crippen LogP contribution in [0, 0.1) is 0 Å². The van der Waals surface area contributed by atoms with Gasteiger partial charge < -0.3 is 14.4 Å². The van der Waals surface area contributed by atoms with Gasteiger partial charge in [0.25, 0.3) is 0 Å². The summed E-state index contributed by atoms with van der Waals surface area (Å²) < 4.78 is 38.2. The van der Waals surface area contributed by atoms with Crippen LogP contribution in [0.25, 0.3) is 0 Å². The third-order valence-electron chi connectivity index (χ3n) is 7.63. The van der Waals surface area contributed by atoms with Gasteiger partial charge in [-0.15, -0.1) is 23.7 Å². The van der Waals surface area contributed by atoms with Crippen molar-refractivity contribution in [1.82, 2.24) is 14.1 Å². The highest BCUT2D eigenvalue weighted by Gasteiger charge is 2.32. The van der Waals surface area contributed by atoms with E-state index in [9.17, 15) is 18.0 Å². The molecule has 2 aromatic carbocycles. The van der Waals surface area contributed by atoms with Crippen LogP contribution in [-0.4, -0.2) is 87.5 Å². The van der Waals surface area contributed by atoms with Gasteiger partial charge in [-0.25, -0.2) is 17.5 Å². The van der Waals surface area contributed by atoms with Gasteiger partial charge in [-0.2, -0.15) is 0 Å². The van der Waals surface area contributed by atoms with Gasteiger partial charge in [-0.3, -0.25) is 9.69 Å². The molecule has 0 spiro atoms. The molecule has 1 amide bonds. The summed E-state index contributed by atoms with van der Waals surface area (Å²) in [6.45, 7) is 2.66. The number of hydrogen-bond donors (Lipinski definition) is 0. The summed E-state index contributed by atoms with van der Waals surface area (Å²) >= 11 is 1.64. The zero-order valence-corrected chi connectivity index (χ0v) is 27.0. The number of halogens is 1. The molecule has 1 aliphatic rings. The first-order valence-electron chi connectivity index (χ1n) is 14.1. The minimum atomic E-state index is -3.59. The van der Waals surface area contributed by atoms with E-state index in [2.05, 4.69) is 11.0 Å². The molecule has 2 heterocycles. The van der Waals surface area contributed by atoms with Crippen LogP contribution in [0.15, 0.2) is 83.1 Å². The van der Waals surface area contributed by atoms with Crippen molar-refractivity contribution >= 4 is 45.8 Å². The first-order chi connectivity index (χ1) is 20.3. The average Bonchev–Trinajstić information content (AvgIpc) is 3.57. The molecule has 0 aliphatic carbocycles. The van der Waals surface area contributed by atoms with Crippen LogP contribution in [0.4, 0.5) is 4.79 Å². The monoisotopic (exact) mass is 649 g/mol. The zero-order chi connectivity index (χ0) is 30.0. The topological polar surface area (TPSA) is 96.5 Å². The SMILES string of the molecule is COC(=O)CN(C(=O)OCc1ccccc1)C1CCN(CC[C@@H](CN(C)S(=O)(=O)c2ccccc2)c2cccs2)CC1.Cl. The second-order valence-electron chi connectivity index (χ2n) is 10.4. The molecule has 0 unspecified atom stereocenters. The number of ether oxygens (including phenoxy) is 2. The lowest BCUT2D eigenvalue weighted by molar-refractivity contribution is -0.142. The molecule has 3 aromatic rings. The summed E-state index contributed by atoms with van der Waals surface area (Å²) in [6, 6.07) is 21.9. The van der Waals surface area contributed by atoms with Gasteiger partial charge in [0.05, 0.1) is 12.0 Å². The molecule has 1 aliphatic heterocycles. The molecule has 1 saturated heterocycles. The molecule has 1 fully saturated rings. The number of nitrogens with zero attached hydrogens (tertiary/aromatic N) is 3. The number of carbonyl (C=O) groups excluding carboxylic acids is 2. The van der Waals surface area contributed by atoms with Crippen LogP contribution in [0.5, 0.6) is 0 Å². The van der Waals surface area contributed by atoms with E-state index in [0.717, 1.165) is 36.5 Å². The van der Waals surface area contributed by atoms with E-state index in [-0.39, 0.29) is 37.5 Å².